The summed E-state index contributed by atoms with van der Waals surface area (Å²) in [6.07, 6.45) is -1.42. The summed E-state index contributed by atoms with van der Waals surface area (Å²) in [5.74, 6) is -0.241. The van der Waals surface area contributed by atoms with Gasteiger partial charge in [0.2, 0.25) is 5.91 Å². The van der Waals surface area contributed by atoms with Crippen LogP contribution in [0.5, 0.6) is 0 Å². The third-order valence-electron chi connectivity index (χ3n) is 2.58. The van der Waals surface area contributed by atoms with Crippen molar-refractivity contribution >= 4 is 23.2 Å². The number of hydrogen-bond donors (Lipinski definition) is 1. The molecule has 0 unspecified atom stereocenters. The molecule has 0 fully saturated rings. The quantitative estimate of drug-likeness (QED) is 0.770. The molecule has 1 N–H and O–H groups in total. The van der Waals surface area contributed by atoms with Gasteiger partial charge in [0.05, 0.1) is 16.3 Å². The fourth-order valence-corrected chi connectivity index (χ4v) is 1.77. The Labute approximate surface area is 114 Å². The number of alkyl halides is 3. The maximum atomic E-state index is 12.4. The average Bonchev–Trinajstić information content (AvgIpc) is 2.31. The molecule has 0 saturated heterocycles. The zero-order valence-electron chi connectivity index (χ0n) is 10.5. The normalized spacial score (nSPS) is 11.4. The summed E-state index contributed by atoms with van der Waals surface area (Å²) < 4.78 is 37.3. The number of carbonyl (C=O) groups excluding carboxylic acids is 1. The van der Waals surface area contributed by atoms with Crippen molar-refractivity contribution in [1.82, 2.24) is 0 Å². The molecule has 19 heavy (non-hydrogen) atoms. The standard InChI is InChI=1S/C13H15ClF3NO/c1-2-3-4-5-12(19)18-11-7-6-9(8-10(11)14)13(15,16)17/h6-8H,2-5H2,1H3,(H,18,19). The molecule has 0 aliphatic carbocycles. The molecule has 0 atom stereocenters. The SMILES string of the molecule is CCCCCC(=O)Nc1ccc(C(F)(F)F)cc1Cl. The van der Waals surface area contributed by atoms with Crippen molar-refractivity contribution in [2.24, 2.45) is 0 Å². The molecule has 1 aromatic carbocycles. The minimum atomic E-state index is -4.44. The molecule has 0 aromatic heterocycles. The van der Waals surface area contributed by atoms with Crippen LogP contribution in [0.1, 0.15) is 38.2 Å². The van der Waals surface area contributed by atoms with E-state index in [1.807, 2.05) is 6.92 Å². The van der Waals surface area contributed by atoms with Crippen LogP contribution in [0.25, 0.3) is 0 Å². The third kappa shape index (κ3) is 5.11. The van der Waals surface area contributed by atoms with Crippen molar-refractivity contribution in [1.29, 1.82) is 0 Å². The first-order chi connectivity index (χ1) is 8.84. The van der Waals surface area contributed by atoms with Crippen LogP contribution >= 0.6 is 11.6 Å². The van der Waals surface area contributed by atoms with E-state index in [1.165, 1.54) is 6.07 Å². The van der Waals surface area contributed by atoms with Gasteiger partial charge in [-0.1, -0.05) is 31.4 Å². The zero-order valence-corrected chi connectivity index (χ0v) is 11.2. The molecular formula is C13H15ClF3NO. The Morgan fingerprint density at radius 1 is 1.32 bits per heavy atom. The van der Waals surface area contributed by atoms with Crippen LogP contribution in [-0.2, 0) is 11.0 Å². The Morgan fingerprint density at radius 2 is 2.00 bits per heavy atom. The van der Waals surface area contributed by atoms with Gasteiger partial charge >= 0.3 is 6.18 Å². The van der Waals surface area contributed by atoms with Gasteiger partial charge in [-0.05, 0) is 24.6 Å². The lowest BCUT2D eigenvalue weighted by Crippen LogP contribution is -2.12. The first-order valence-corrected chi connectivity index (χ1v) is 6.39. The van der Waals surface area contributed by atoms with Crippen LogP contribution in [0.15, 0.2) is 18.2 Å². The van der Waals surface area contributed by atoms with Gasteiger partial charge < -0.3 is 5.32 Å². The Bertz CT molecular complexity index is 446. The first kappa shape index (κ1) is 15.8. The summed E-state index contributed by atoms with van der Waals surface area (Å²) in [4.78, 5) is 11.5. The third-order valence-corrected chi connectivity index (χ3v) is 2.89. The number of anilines is 1. The van der Waals surface area contributed by atoms with E-state index in [9.17, 15) is 18.0 Å². The number of rotatable bonds is 5. The molecular weight excluding hydrogens is 279 g/mol. The number of hydrogen-bond acceptors (Lipinski definition) is 1. The van der Waals surface area contributed by atoms with Crippen LogP contribution in [0.2, 0.25) is 5.02 Å². The Morgan fingerprint density at radius 3 is 2.53 bits per heavy atom. The number of nitrogens with one attached hydrogen (secondary N) is 1. The Hall–Kier alpha value is -1.23. The summed E-state index contributed by atoms with van der Waals surface area (Å²) in [5, 5.41) is 2.40. The van der Waals surface area contributed by atoms with Gasteiger partial charge in [0.1, 0.15) is 0 Å². The highest BCUT2D eigenvalue weighted by Gasteiger charge is 2.30. The lowest BCUT2D eigenvalue weighted by Gasteiger charge is -2.11. The molecule has 6 heteroatoms. The monoisotopic (exact) mass is 293 g/mol. The highest BCUT2D eigenvalue weighted by molar-refractivity contribution is 6.33. The molecule has 0 aliphatic heterocycles. The van der Waals surface area contributed by atoms with Crippen molar-refractivity contribution in [3.05, 3.63) is 28.8 Å². The van der Waals surface area contributed by atoms with Crippen molar-refractivity contribution in [2.75, 3.05) is 5.32 Å². The fourth-order valence-electron chi connectivity index (χ4n) is 1.54. The topological polar surface area (TPSA) is 29.1 Å². The van der Waals surface area contributed by atoms with Crippen LogP contribution < -0.4 is 5.32 Å². The smallest absolute Gasteiger partial charge is 0.325 e. The van der Waals surface area contributed by atoms with Crippen LogP contribution in [0, 0.1) is 0 Å². The average molecular weight is 294 g/mol. The maximum absolute atomic E-state index is 12.4. The maximum Gasteiger partial charge on any atom is 0.416 e. The molecule has 0 heterocycles. The second-order valence-electron chi connectivity index (χ2n) is 4.20. The van der Waals surface area contributed by atoms with Gasteiger partial charge in [-0.25, -0.2) is 0 Å². The van der Waals surface area contributed by atoms with Crippen LogP contribution in [0.4, 0.5) is 18.9 Å². The molecule has 1 rings (SSSR count). The van der Waals surface area contributed by atoms with Crippen molar-refractivity contribution in [3.8, 4) is 0 Å². The van der Waals surface area contributed by atoms with E-state index in [0.717, 1.165) is 31.4 Å². The van der Waals surface area contributed by atoms with Crippen LogP contribution in [0.3, 0.4) is 0 Å². The van der Waals surface area contributed by atoms with Gasteiger partial charge in [-0.3, -0.25) is 4.79 Å². The van der Waals surface area contributed by atoms with E-state index in [-0.39, 0.29) is 16.6 Å². The molecule has 1 amide bonds. The molecule has 0 saturated carbocycles. The number of carbonyl (C=O) groups is 1. The van der Waals surface area contributed by atoms with E-state index >= 15 is 0 Å². The largest absolute Gasteiger partial charge is 0.416 e. The summed E-state index contributed by atoms with van der Waals surface area (Å²) in [6, 6.07) is 2.87. The molecule has 2 nitrogen and oxygen atoms in total. The van der Waals surface area contributed by atoms with E-state index in [4.69, 9.17) is 11.6 Å². The van der Waals surface area contributed by atoms with Crippen molar-refractivity contribution < 1.29 is 18.0 Å². The highest BCUT2D eigenvalue weighted by Crippen LogP contribution is 2.33. The van der Waals surface area contributed by atoms with Gasteiger partial charge in [0, 0.05) is 6.42 Å². The van der Waals surface area contributed by atoms with E-state index < -0.39 is 11.7 Å². The Balaban J connectivity index is 2.67. The molecule has 1 aromatic rings. The van der Waals surface area contributed by atoms with Crippen LogP contribution in [-0.4, -0.2) is 5.91 Å². The fraction of sp³-hybridized carbons (Fsp3) is 0.462. The zero-order chi connectivity index (χ0) is 14.5. The van der Waals surface area contributed by atoms with Crippen molar-refractivity contribution in [2.45, 2.75) is 38.8 Å². The summed E-state index contributed by atoms with van der Waals surface area (Å²) >= 11 is 5.73. The van der Waals surface area contributed by atoms with Gasteiger partial charge in [0.15, 0.2) is 0 Å². The molecule has 0 aliphatic rings. The predicted octanol–water partition coefficient (Wildman–Crippen LogP) is 4.88. The van der Waals surface area contributed by atoms with E-state index in [0.29, 0.717) is 6.42 Å². The van der Waals surface area contributed by atoms with Gasteiger partial charge in [-0.15, -0.1) is 0 Å². The second-order valence-corrected chi connectivity index (χ2v) is 4.60. The van der Waals surface area contributed by atoms with Gasteiger partial charge in [-0.2, -0.15) is 13.2 Å². The van der Waals surface area contributed by atoms with Crippen molar-refractivity contribution in [3.63, 3.8) is 0 Å². The minimum absolute atomic E-state index is 0.112. The Kier molecular flexibility index (Phi) is 5.66. The second kappa shape index (κ2) is 6.80. The molecule has 0 spiro atoms. The number of benzene rings is 1. The first-order valence-electron chi connectivity index (χ1n) is 6.01. The lowest BCUT2D eigenvalue weighted by atomic mass is 10.1. The molecule has 106 valence electrons. The molecule has 0 radical (unpaired) electrons. The lowest BCUT2D eigenvalue weighted by molar-refractivity contribution is -0.137. The number of amides is 1. The molecule has 0 bridgehead atoms. The highest BCUT2D eigenvalue weighted by atomic mass is 35.5. The number of unbranched alkanes of at least 4 members (excludes halogenated alkanes) is 2. The summed E-state index contributed by atoms with van der Waals surface area (Å²) in [5.41, 5.74) is -0.627. The summed E-state index contributed by atoms with van der Waals surface area (Å²) in [6.45, 7) is 2.02. The predicted molar refractivity (Wildman–Crippen MR) is 69.2 cm³/mol. The number of halogens is 4. The summed E-state index contributed by atoms with van der Waals surface area (Å²) in [7, 11) is 0. The van der Waals surface area contributed by atoms with E-state index in [1.54, 1.807) is 0 Å². The van der Waals surface area contributed by atoms with E-state index in [2.05, 4.69) is 5.32 Å². The van der Waals surface area contributed by atoms with Gasteiger partial charge in [0.25, 0.3) is 0 Å². The minimum Gasteiger partial charge on any atom is -0.325 e.